The third-order valence-electron chi connectivity index (χ3n) is 7.81. The summed E-state index contributed by atoms with van der Waals surface area (Å²) in [6.45, 7) is 9.92. The van der Waals surface area contributed by atoms with Crippen molar-refractivity contribution >= 4 is 17.1 Å². The molecule has 3 aromatic carbocycles. The lowest BCUT2D eigenvalue weighted by molar-refractivity contribution is 0.685. The van der Waals surface area contributed by atoms with Gasteiger partial charge in [-0.05, 0) is 72.4 Å². The standard InChI is InChI=1S/C37H55N3/c1-4-7-10-13-28-38-34-22-16-31(17-23-34)37(32-18-24-35(25-19-32)39-29-14-11-8-5-2)33-20-26-36(27-21-33)40-30-15-12-9-6-3/h16-27,37-40H,4-15,28-30H2,1-3H3. The molecule has 0 aliphatic rings. The SMILES string of the molecule is CCCCCCNc1ccc(C(c2ccc(NCCCCCC)cc2)c2ccc(NCCCCCC)cc2)cc1. The predicted molar refractivity (Wildman–Crippen MR) is 178 cm³/mol. The van der Waals surface area contributed by atoms with Gasteiger partial charge in [-0.2, -0.15) is 0 Å². The number of hydrogen-bond acceptors (Lipinski definition) is 3. The summed E-state index contributed by atoms with van der Waals surface area (Å²) in [5.41, 5.74) is 7.63. The minimum Gasteiger partial charge on any atom is -0.385 e. The highest BCUT2D eigenvalue weighted by Gasteiger charge is 2.17. The molecule has 0 aliphatic carbocycles. The molecule has 0 bridgehead atoms. The van der Waals surface area contributed by atoms with E-state index in [1.165, 1.54) is 111 Å². The number of hydrogen-bond donors (Lipinski definition) is 3. The highest BCUT2D eigenvalue weighted by molar-refractivity contribution is 5.54. The molecule has 0 aromatic heterocycles. The van der Waals surface area contributed by atoms with Gasteiger partial charge in [0.05, 0.1) is 0 Å². The van der Waals surface area contributed by atoms with E-state index in [0.29, 0.717) is 0 Å². The first-order valence-electron chi connectivity index (χ1n) is 16.3. The van der Waals surface area contributed by atoms with Gasteiger partial charge >= 0.3 is 0 Å². The van der Waals surface area contributed by atoms with Crippen molar-refractivity contribution in [3.05, 3.63) is 89.5 Å². The Morgan fingerprint density at radius 3 is 0.900 bits per heavy atom. The van der Waals surface area contributed by atoms with E-state index in [1.807, 2.05) is 0 Å². The van der Waals surface area contributed by atoms with Crippen LogP contribution in [0.1, 0.15) is 120 Å². The summed E-state index contributed by atoms with van der Waals surface area (Å²) in [5, 5.41) is 10.8. The highest BCUT2D eigenvalue weighted by atomic mass is 14.9. The van der Waals surface area contributed by atoms with Crippen LogP contribution < -0.4 is 16.0 Å². The summed E-state index contributed by atoms with van der Waals surface area (Å²) in [6, 6.07) is 27.3. The quantitative estimate of drug-likeness (QED) is 0.0927. The lowest BCUT2D eigenvalue weighted by Gasteiger charge is -2.21. The molecule has 0 saturated heterocycles. The van der Waals surface area contributed by atoms with Gasteiger partial charge in [0.15, 0.2) is 0 Å². The molecule has 218 valence electrons. The van der Waals surface area contributed by atoms with Crippen LogP contribution in [-0.2, 0) is 0 Å². The van der Waals surface area contributed by atoms with Crippen LogP contribution in [0.15, 0.2) is 72.8 Å². The monoisotopic (exact) mass is 541 g/mol. The maximum Gasteiger partial charge on any atom is 0.0340 e. The molecule has 40 heavy (non-hydrogen) atoms. The second-order valence-electron chi connectivity index (χ2n) is 11.3. The lowest BCUT2D eigenvalue weighted by atomic mass is 9.85. The average Bonchev–Trinajstić information content (AvgIpc) is 2.99. The second-order valence-corrected chi connectivity index (χ2v) is 11.3. The molecule has 0 atom stereocenters. The Balaban J connectivity index is 1.71. The summed E-state index contributed by atoms with van der Waals surface area (Å²) < 4.78 is 0. The second kappa shape index (κ2) is 19.2. The van der Waals surface area contributed by atoms with Gasteiger partial charge in [-0.25, -0.2) is 0 Å². The number of nitrogens with one attached hydrogen (secondary N) is 3. The molecule has 0 amide bonds. The molecular weight excluding hydrogens is 486 g/mol. The summed E-state index contributed by atoms with van der Waals surface area (Å²) in [4.78, 5) is 0. The molecule has 0 spiro atoms. The summed E-state index contributed by atoms with van der Waals surface area (Å²) in [7, 11) is 0. The lowest BCUT2D eigenvalue weighted by Crippen LogP contribution is -2.06. The van der Waals surface area contributed by atoms with Crippen molar-refractivity contribution in [3.63, 3.8) is 0 Å². The molecule has 3 nitrogen and oxygen atoms in total. The number of benzene rings is 3. The van der Waals surface area contributed by atoms with Crippen molar-refractivity contribution in [2.45, 2.75) is 104 Å². The zero-order chi connectivity index (χ0) is 28.3. The maximum atomic E-state index is 3.61. The smallest absolute Gasteiger partial charge is 0.0340 e. The Labute approximate surface area is 245 Å². The first kappa shape index (κ1) is 31.6. The molecule has 3 rings (SSSR count). The Bertz CT molecular complexity index is 888. The van der Waals surface area contributed by atoms with Crippen LogP contribution in [0.4, 0.5) is 17.1 Å². The Morgan fingerprint density at radius 1 is 0.375 bits per heavy atom. The Hall–Kier alpha value is -2.94. The first-order valence-corrected chi connectivity index (χ1v) is 16.3. The minimum absolute atomic E-state index is 0.204. The van der Waals surface area contributed by atoms with Gasteiger partial charge in [0.1, 0.15) is 0 Å². The molecule has 0 saturated carbocycles. The zero-order valence-electron chi connectivity index (χ0n) is 25.6. The fourth-order valence-corrected chi connectivity index (χ4v) is 5.31. The highest BCUT2D eigenvalue weighted by Crippen LogP contribution is 2.34. The summed E-state index contributed by atoms with van der Waals surface area (Å²) >= 11 is 0. The molecule has 0 aliphatic heterocycles. The summed E-state index contributed by atoms with van der Waals surface area (Å²) in [5.74, 6) is 0.204. The molecule has 3 aromatic rings. The summed E-state index contributed by atoms with van der Waals surface area (Å²) in [6.07, 6.45) is 15.4. The molecule has 0 fully saturated rings. The van der Waals surface area contributed by atoms with Gasteiger partial charge in [-0.1, -0.05) is 115 Å². The van der Waals surface area contributed by atoms with Crippen molar-refractivity contribution in [1.82, 2.24) is 0 Å². The van der Waals surface area contributed by atoms with Crippen molar-refractivity contribution in [3.8, 4) is 0 Å². The van der Waals surface area contributed by atoms with Crippen molar-refractivity contribution in [1.29, 1.82) is 0 Å². The van der Waals surface area contributed by atoms with E-state index in [4.69, 9.17) is 0 Å². The van der Waals surface area contributed by atoms with Gasteiger partial charge in [-0.15, -0.1) is 0 Å². The predicted octanol–water partition coefficient (Wildman–Crippen LogP) is 10.8. The van der Waals surface area contributed by atoms with Crippen molar-refractivity contribution in [2.75, 3.05) is 35.6 Å². The van der Waals surface area contributed by atoms with Crippen LogP contribution in [0.25, 0.3) is 0 Å². The van der Waals surface area contributed by atoms with Crippen LogP contribution >= 0.6 is 0 Å². The number of rotatable bonds is 21. The largest absolute Gasteiger partial charge is 0.385 e. The van der Waals surface area contributed by atoms with E-state index in [1.54, 1.807) is 0 Å². The van der Waals surface area contributed by atoms with E-state index in [2.05, 4.69) is 110 Å². The topological polar surface area (TPSA) is 36.1 Å². The molecule has 3 N–H and O–H groups in total. The third-order valence-corrected chi connectivity index (χ3v) is 7.81. The van der Waals surface area contributed by atoms with Crippen LogP contribution in [0.5, 0.6) is 0 Å². The molecule has 0 heterocycles. The van der Waals surface area contributed by atoms with E-state index in [-0.39, 0.29) is 5.92 Å². The Morgan fingerprint density at radius 2 is 0.650 bits per heavy atom. The van der Waals surface area contributed by atoms with E-state index < -0.39 is 0 Å². The average molecular weight is 542 g/mol. The van der Waals surface area contributed by atoms with E-state index in [0.717, 1.165) is 19.6 Å². The Kier molecular flexibility index (Phi) is 15.2. The maximum absolute atomic E-state index is 3.61. The third kappa shape index (κ3) is 11.3. The van der Waals surface area contributed by atoms with Crippen LogP contribution in [0.3, 0.4) is 0 Å². The normalized spacial score (nSPS) is 11.1. The molecule has 3 heteroatoms. The van der Waals surface area contributed by atoms with Gasteiger partial charge in [-0.3, -0.25) is 0 Å². The van der Waals surface area contributed by atoms with Crippen molar-refractivity contribution in [2.24, 2.45) is 0 Å². The minimum atomic E-state index is 0.204. The number of unbranched alkanes of at least 4 members (excludes halogenated alkanes) is 9. The van der Waals surface area contributed by atoms with Gasteiger partial charge in [0.25, 0.3) is 0 Å². The van der Waals surface area contributed by atoms with E-state index >= 15 is 0 Å². The molecular formula is C37H55N3. The first-order chi connectivity index (χ1) is 19.7. The van der Waals surface area contributed by atoms with E-state index in [9.17, 15) is 0 Å². The van der Waals surface area contributed by atoms with Gasteiger partial charge in [0, 0.05) is 42.6 Å². The number of anilines is 3. The molecule has 0 unspecified atom stereocenters. The van der Waals surface area contributed by atoms with Crippen LogP contribution in [0.2, 0.25) is 0 Å². The zero-order valence-corrected chi connectivity index (χ0v) is 25.6. The fraction of sp³-hybridized carbons (Fsp3) is 0.514. The van der Waals surface area contributed by atoms with Crippen LogP contribution in [0, 0.1) is 0 Å². The molecule has 0 radical (unpaired) electrons. The fourth-order valence-electron chi connectivity index (χ4n) is 5.31. The van der Waals surface area contributed by atoms with Crippen LogP contribution in [-0.4, -0.2) is 19.6 Å². The van der Waals surface area contributed by atoms with Gasteiger partial charge < -0.3 is 16.0 Å². The van der Waals surface area contributed by atoms with Crippen molar-refractivity contribution < 1.29 is 0 Å². The van der Waals surface area contributed by atoms with Gasteiger partial charge in [0.2, 0.25) is 0 Å².